The highest BCUT2D eigenvalue weighted by molar-refractivity contribution is 6.45. The topological polar surface area (TPSA) is 39.9 Å². The van der Waals surface area contributed by atoms with E-state index in [-0.39, 0.29) is 0 Å². The predicted molar refractivity (Wildman–Crippen MR) is 75.5 cm³/mol. The van der Waals surface area contributed by atoms with E-state index in [0.717, 1.165) is 11.1 Å². The molecular formula is C13H11Cl2N3. The van der Waals surface area contributed by atoms with Crippen LogP contribution in [-0.4, -0.2) is 19.1 Å². The summed E-state index contributed by atoms with van der Waals surface area (Å²) in [4.78, 5) is 6.27. The third-order valence-corrected chi connectivity index (χ3v) is 3.56. The Labute approximate surface area is 116 Å². The van der Waals surface area contributed by atoms with Crippen LogP contribution in [0.1, 0.15) is 11.3 Å². The molecule has 0 saturated heterocycles. The molecule has 5 heteroatoms. The summed E-state index contributed by atoms with van der Waals surface area (Å²) >= 11 is 12.2. The van der Waals surface area contributed by atoms with Crippen molar-refractivity contribution in [1.29, 1.82) is 5.26 Å². The molecule has 0 spiro atoms. The Morgan fingerprint density at radius 1 is 1.28 bits per heavy atom. The van der Waals surface area contributed by atoms with E-state index >= 15 is 0 Å². The van der Waals surface area contributed by atoms with Crippen molar-refractivity contribution >= 4 is 39.8 Å². The van der Waals surface area contributed by atoms with Crippen LogP contribution in [0.5, 0.6) is 0 Å². The van der Waals surface area contributed by atoms with Gasteiger partial charge in [-0.3, -0.25) is 0 Å². The number of hydrogen-bond acceptors (Lipinski definition) is 3. The third kappa shape index (κ3) is 1.88. The fraction of sp³-hybridized carbons (Fsp3) is 0.231. The number of halogens is 2. The number of aryl methyl sites for hydroxylation is 1. The van der Waals surface area contributed by atoms with Gasteiger partial charge in [0.15, 0.2) is 0 Å². The zero-order chi connectivity index (χ0) is 13.4. The number of hydrogen-bond donors (Lipinski definition) is 0. The molecule has 0 unspecified atom stereocenters. The van der Waals surface area contributed by atoms with Crippen LogP contribution in [0.15, 0.2) is 12.1 Å². The van der Waals surface area contributed by atoms with Crippen LogP contribution in [0.25, 0.3) is 10.9 Å². The lowest BCUT2D eigenvalue weighted by molar-refractivity contribution is 1.11. The Bertz CT molecular complexity index is 672. The fourth-order valence-electron chi connectivity index (χ4n) is 1.97. The van der Waals surface area contributed by atoms with Gasteiger partial charge in [0.25, 0.3) is 0 Å². The minimum atomic E-state index is 0.421. The smallest absolute Gasteiger partial charge is 0.103 e. The molecule has 2 aromatic rings. The van der Waals surface area contributed by atoms with Gasteiger partial charge in [-0.15, -0.1) is 0 Å². The minimum Gasteiger partial charge on any atom is -0.376 e. The quantitative estimate of drug-likeness (QED) is 0.797. The van der Waals surface area contributed by atoms with Gasteiger partial charge in [0.05, 0.1) is 32.5 Å². The third-order valence-electron chi connectivity index (χ3n) is 2.76. The molecule has 92 valence electrons. The van der Waals surface area contributed by atoms with Gasteiger partial charge in [-0.2, -0.15) is 5.26 Å². The lowest BCUT2D eigenvalue weighted by Gasteiger charge is -2.18. The van der Waals surface area contributed by atoms with Gasteiger partial charge in [0.1, 0.15) is 6.07 Å². The second-order valence-electron chi connectivity index (χ2n) is 4.18. The highest BCUT2D eigenvalue weighted by Crippen LogP contribution is 2.36. The maximum atomic E-state index is 9.26. The number of rotatable bonds is 1. The summed E-state index contributed by atoms with van der Waals surface area (Å²) in [5.41, 5.74) is 2.66. The number of nitriles is 1. The van der Waals surface area contributed by atoms with Crippen molar-refractivity contribution in [3.8, 4) is 6.07 Å². The van der Waals surface area contributed by atoms with Crippen molar-refractivity contribution < 1.29 is 0 Å². The standard InChI is InChI=1S/C13H11Cl2N3/c1-7-9(6-16)13(18(2)3)8-4-5-10(14)11(15)12(8)17-7/h4-5H,1-3H3. The minimum absolute atomic E-state index is 0.421. The number of aromatic nitrogens is 1. The summed E-state index contributed by atoms with van der Waals surface area (Å²) in [6.45, 7) is 1.79. The molecule has 18 heavy (non-hydrogen) atoms. The second-order valence-corrected chi connectivity index (χ2v) is 4.97. The van der Waals surface area contributed by atoms with Gasteiger partial charge in [-0.05, 0) is 19.1 Å². The van der Waals surface area contributed by atoms with Crippen molar-refractivity contribution in [2.45, 2.75) is 6.92 Å². The van der Waals surface area contributed by atoms with Crippen molar-refractivity contribution in [2.24, 2.45) is 0 Å². The van der Waals surface area contributed by atoms with Crippen LogP contribution in [-0.2, 0) is 0 Å². The first kappa shape index (κ1) is 12.9. The molecule has 1 heterocycles. The molecule has 0 amide bonds. The van der Waals surface area contributed by atoms with E-state index in [0.29, 0.717) is 26.8 Å². The molecule has 0 N–H and O–H groups in total. The maximum Gasteiger partial charge on any atom is 0.103 e. The Morgan fingerprint density at radius 2 is 1.94 bits per heavy atom. The van der Waals surface area contributed by atoms with E-state index in [1.165, 1.54) is 0 Å². The first-order chi connectivity index (χ1) is 8.47. The highest BCUT2D eigenvalue weighted by atomic mass is 35.5. The van der Waals surface area contributed by atoms with E-state index in [9.17, 15) is 5.26 Å². The van der Waals surface area contributed by atoms with Crippen molar-refractivity contribution in [3.63, 3.8) is 0 Å². The first-order valence-corrected chi connectivity index (χ1v) is 6.08. The molecule has 0 aliphatic rings. The number of benzene rings is 1. The van der Waals surface area contributed by atoms with Gasteiger partial charge < -0.3 is 4.90 Å². The molecule has 0 radical (unpaired) electrons. The molecule has 3 nitrogen and oxygen atoms in total. The Kier molecular flexibility index (Phi) is 3.34. The largest absolute Gasteiger partial charge is 0.376 e. The molecule has 0 fully saturated rings. The van der Waals surface area contributed by atoms with Crippen molar-refractivity contribution in [3.05, 3.63) is 33.4 Å². The molecule has 0 atom stereocenters. The van der Waals surface area contributed by atoms with Gasteiger partial charge in [-0.25, -0.2) is 4.98 Å². The first-order valence-electron chi connectivity index (χ1n) is 5.33. The average molecular weight is 280 g/mol. The van der Waals surface area contributed by atoms with Crippen LogP contribution in [0.2, 0.25) is 10.0 Å². The monoisotopic (exact) mass is 279 g/mol. The number of anilines is 1. The van der Waals surface area contributed by atoms with Gasteiger partial charge in [0, 0.05) is 19.5 Å². The maximum absolute atomic E-state index is 9.26. The molecule has 0 aliphatic heterocycles. The SMILES string of the molecule is Cc1nc2c(Cl)c(Cl)ccc2c(N(C)C)c1C#N. The lowest BCUT2D eigenvalue weighted by atomic mass is 10.1. The van der Waals surface area contributed by atoms with E-state index in [1.54, 1.807) is 13.0 Å². The van der Waals surface area contributed by atoms with E-state index in [2.05, 4.69) is 11.1 Å². The van der Waals surface area contributed by atoms with Crippen LogP contribution in [0, 0.1) is 18.3 Å². The molecule has 0 bridgehead atoms. The van der Waals surface area contributed by atoms with Gasteiger partial charge >= 0.3 is 0 Å². The molecule has 0 saturated carbocycles. The number of pyridine rings is 1. The van der Waals surface area contributed by atoms with Crippen LogP contribution >= 0.6 is 23.2 Å². The normalized spacial score (nSPS) is 10.4. The number of fused-ring (bicyclic) bond motifs is 1. The molecule has 1 aromatic carbocycles. The lowest BCUT2D eigenvalue weighted by Crippen LogP contribution is -2.12. The van der Waals surface area contributed by atoms with Crippen molar-refractivity contribution in [2.75, 3.05) is 19.0 Å². The molecule has 1 aromatic heterocycles. The van der Waals surface area contributed by atoms with Crippen molar-refractivity contribution in [1.82, 2.24) is 4.98 Å². The predicted octanol–water partition coefficient (Wildman–Crippen LogP) is 3.79. The molecular weight excluding hydrogens is 269 g/mol. The highest BCUT2D eigenvalue weighted by Gasteiger charge is 2.16. The van der Waals surface area contributed by atoms with Crippen LogP contribution in [0.4, 0.5) is 5.69 Å². The molecule has 2 rings (SSSR count). The van der Waals surface area contributed by atoms with Crippen LogP contribution in [0.3, 0.4) is 0 Å². The summed E-state index contributed by atoms with van der Waals surface area (Å²) in [6.07, 6.45) is 0. The second kappa shape index (κ2) is 4.64. The summed E-state index contributed by atoms with van der Waals surface area (Å²) in [7, 11) is 3.77. The number of nitrogens with zero attached hydrogens (tertiary/aromatic N) is 3. The summed E-state index contributed by atoms with van der Waals surface area (Å²) < 4.78 is 0. The molecule has 0 aliphatic carbocycles. The Hall–Kier alpha value is -1.50. The van der Waals surface area contributed by atoms with E-state index in [4.69, 9.17) is 23.2 Å². The van der Waals surface area contributed by atoms with E-state index in [1.807, 2.05) is 25.1 Å². The zero-order valence-electron chi connectivity index (χ0n) is 10.3. The van der Waals surface area contributed by atoms with Gasteiger partial charge in [0.2, 0.25) is 0 Å². The Balaban J connectivity index is 3.01. The zero-order valence-corrected chi connectivity index (χ0v) is 11.8. The Morgan fingerprint density at radius 3 is 2.50 bits per heavy atom. The van der Waals surface area contributed by atoms with Gasteiger partial charge in [-0.1, -0.05) is 23.2 Å². The summed E-state index contributed by atoms with van der Waals surface area (Å²) in [6, 6.07) is 5.75. The summed E-state index contributed by atoms with van der Waals surface area (Å²) in [5, 5.41) is 11.0. The average Bonchev–Trinajstić information content (AvgIpc) is 2.32. The van der Waals surface area contributed by atoms with Crippen LogP contribution < -0.4 is 4.90 Å². The summed E-state index contributed by atoms with van der Waals surface area (Å²) in [5.74, 6) is 0. The fourth-order valence-corrected chi connectivity index (χ4v) is 2.33. The van der Waals surface area contributed by atoms with E-state index < -0.39 is 0 Å².